The van der Waals surface area contributed by atoms with Crippen LogP contribution < -0.4 is 0 Å². The van der Waals surface area contributed by atoms with Crippen LogP contribution in [0.25, 0.3) is 0 Å². The summed E-state index contributed by atoms with van der Waals surface area (Å²) in [7, 11) is 2.20. The second-order valence-corrected chi connectivity index (χ2v) is 3.86. The summed E-state index contributed by atoms with van der Waals surface area (Å²) >= 11 is 0. The van der Waals surface area contributed by atoms with Gasteiger partial charge in [-0.05, 0) is 31.8 Å². The molecule has 58 valence electrons. The van der Waals surface area contributed by atoms with Crippen molar-refractivity contribution in [3.8, 4) is 0 Å². The van der Waals surface area contributed by atoms with Crippen LogP contribution >= 0.6 is 0 Å². The van der Waals surface area contributed by atoms with E-state index in [1.807, 2.05) is 0 Å². The second kappa shape index (κ2) is 2.23. The molecule has 0 bridgehead atoms. The largest absolute Gasteiger partial charge is 0.332 e. The SMILES string of the molecule is [CH2-]C1C2CCCC2CN1C. The average Bonchev–Trinajstić information content (AvgIpc) is 2.41. The van der Waals surface area contributed by atoms with E-state index in [0.29, 0.717) is 6.04 Å². The zero-order valence-electron chi connectivity index (χ0n) is 6.71. The van der Waals surface area contributed by atoms with Gasteiger partial charge in [-0.15, -0.1) is 6.04 Å². The Labute approximate surface area is 63.4 Å². The van der Waals surface area contributed by atoms with Gasteiger partial charge in [0.05, 0.1) is 0 Å². The third-order valence-corrected chi connectivity index (χ3v) is 3.30. The molecule has 2 fully saturated rings. The van der Waals surface area contributed by atoms with Crippen LogP contribution in [-0.4, -0.2) is 24.5 Å². The topological polar surface area (TPSA) is 3.24 Å². The van der Waals surface area contributed by atoms with E-state index in [0.717, 1.165) is 11.8 Å². The molecule has 1 heteroatoms. The van der Waals surface area contributed by atoms with Crippen molar-refractivity contribution in [1.29, 1.82) is 0 Å². The van der Waals surface area contributed by atoms with Gasteiger partial charge in [0.15, 0.2) is 0 Å². The van der Waals surface area contributed by atoms with Crippen molar-refractivity contribution in [2.24, 2.45) is 11.8 Å². The quantitative estimate of drug-likeness (QED) is 0.459. The zero-order valence-corrected chi connectivity index (χ0v) is 6.71. The summed E-state index contributed by atoms with van der Waals surface area (Å²) in [6, 6.07) is 0.618. The molecular formula is C9H16N-. The van der Waals surface area contributed by atoms with E-state index in [-0.39, 0.29) is 0 Å². The van der Waals surface area contributed by atoms with Gasteiger partial charge in [0.25, 0.3) is 0 Å². The Morgan fingerprint density at radius 2 is 2.20 bits per heavy atom. The van der Waals surface area contributed by atoms with Crippen LogP contribution in [0.1, 0.15) is 19.3 Å². The minimum absolute atomic E-state index is 0.618. The molecular weight excluding hydrogens is 122 g/mol. The minimum atomic E-state index is 0.618. The first-order valence-corrected chi connectivity index (χ1v) is 4.32. The molecule has 0 spiro atoms. The van der Waals surface area contributed by atoms with Crippen molar-refractivity contribution in [2.75, 3.05) is 13.6 Å². The van der Waals surface area contributed by atoms with Crippen molar-refractivity contribution < 1.29 is 0 Å². The predicted octanol–water partition coefficient (Wildman–Crippen LogP) is 1.55. The van der Waals surface area contributed by atoms with E-state index in [9.17, 15) is 0 Å². The van der Waals surface area contributed by atoms with E-state index in [2.05, 4.69) is 18.9 Å². The van der Waals surface area contributed by atoms with Gasteiger partial charge in [-0.2, -0.15) is 0 Å². The van der Waals surface area contributed by atoms with Gasteiger partial charge >= 0.3 is 0 Å². The van der Waals surface area contributed by atoms with E-state index >= 15 is 0 Å². The van der Waals surface area contributed by atoms with E-state index in [4.69, 9.17) is 0 Å². The van der Waals surface area contributed by atoms with Crippen molar-refractivity contribution >= 4 is 0 Å². The van der Waals surface area contributed by atoms with Gasteiger partial charge in [0.2, 0.25) is 0 Å². The molecule has 3 atom stereocenters. The second-order valence-electron chi connectivity index (χ2n) is 3.86. The molecule has 1 heterocycles. The number of hydrogen-bond acceptors (Lipinski definition) is 1. The van der Waals surface area contributed by atoms with Gasteiger partial charge in [-0.25, -0.2) is 0 Å². The number of hydrogen-bond donors (Lipinski definition) is 0. The van der Waals surface area contributed by atoms with Crippen molar-refractivity contribution in [2.45, 2.75) is 25.3 Å². The summed E-state index contributed by atoms with van der Waals surface area (Å²) in [6.07, 6.45) is 4.35. The molecule has 0 aromatic rings. The smallest absolute Gasteiger partial charge is 0.00167 e. The highest BCUT2D eigenvalue weighted by Gasteiger charge is 2.36. The maximum absolute atomic E-state index is 4.19. The summed E-state index contributed by atoms with van der Waals surface area (Å²) in [5.41, 5.74) is 0. The summed E-state index contributed by atoms with van der Waals surface area (Å²) in [4.78, 5) is 2.41. The minimum Gasteiger partial charge on any atom is -0.332 e. The van der Waals surface area contributed by atoms with Crippen LogP contribution in [0.3, 0.4) is 0 Å². The maximum Gasteiger partial charge on any atom is -0.00167 e. The van der Waals surface area contributed by atoms with Crippen LogP contribution in [0.5, 0.6) is 0 Å². The van der Waals surface area contributed by atoms with E-state index < -0.39 is 0 Å². The normalized spacial score (nSPS) is 48.0. The molecule has 0 N–H and O–H groups in total. The van der Waals surface area contributed by atoms with Crippen molar-refractivity contribution in [3.63, 3.8) is 0 Å². The fourth-order valence-electron chi connectivity index (χ4n) is 2.63. The Morgan fingerprint density at radius 1 is 1.40 bits per heavy atom. The lowest BCUT2D eigenvalue weighted by Gasteiger charge is -2.25. The standard InChI is InChI=1S/C9H16N/c1-7-9-5-3-4-8(9)6-10(7)2/h7-9H,1,3-6H2,2H3/q-1. The fraction of sp³-hybridized carbons (Fsp3) is 0.889. The Balaban J connectivity index is 2.09. The third kappa shape index (κ3) is 0.800. The fourth-order valence-corrected chi connectivity index (χ4v) is 2.63. The molecule has 1 aliphatic heterocycles. The number of nitrogens with zero attached hydrogens (tertiary/aromatic N) is 1. The first kappa shape index (κ1) is 6.66. The summed E-state index contributed by atoms with van der Waals surface area (Å²) in [6.45, 7) is 5.49. The molecule has 10 heavy (non-hydrogen) atoms. The van der Waals surface area contributed by atoms with Crippen LogP contribution in [0.2, 0.25) is 0 Å². The lowest BCUT2D eigenvalue weighted by molar-refractivity contribution is 0.312. The monoisotopic (exact) mass is 138 g/mol. The van der Waals surface area contributed by atoms with Gasteiger partial charge in [0.1, 0.15) is 0 Å². The molecule has 2 aliphatic rings. The Bertz CT molecular complexity index is 131. The lowest BCUT2D eigenvalue weighted by atomic mass is 9.95. The molecule has 2 rings (SSSR count). The third-order valence-electron chi connectivity index (χ3n) is 3.30. The Kier molecular flexibility index (Phi) is 1.48. The lowest BCUT2D eigenvalue weighted by Crippen LogP contribution is -2.25. The highest BCUT2D eigenvalue weighted by atomic mass is 15.2. The molecule has 0 radical (unpaired) electrons. The van der Waals surface area contributed by atoms with Gasteiger partial charge < -0.3 is 11.8 Å². The molecule has 1 aliphatic carbocycles. The maximum atomic E-state index is 4.19. The average molecular weight is 138 g/mol. The van der Waals surface area contributed by atoms with E-state index in [1.54, 1.807) is 0 Å². The Morgan fingerprint density at radius 3 is 2.90 bits per heavy atom. The number of fused-ring (bicyclic) bond motifs is 1. The van der Waals surface area contributed by atoms with Crippen LogP contribution in [0.4, 0.5) is 0 Å². The number of likely N-dealkylation sites (tertiary alicyclic amines) is 1. The number of rotatable bonds is 0. The molecule has 1 saturated heterocycles. The van der Waals surface area contributed by atoms with Crippen molar-refractivity contribution in [1.82, 2.24) is 4.90 Å². The molecule has 0 aromatic carbocycles. The first-order valence-electron chi connectivity index (χ1n) is 4.32. The molecule has 3 unspecified atom stereocenters. The predicted molar refractivity (Wildman–Crippen MR) is 42.6 cm³/mol. The van der Waals surface area contributed by atoms with Crippen LogP contribution in [0.15, 0.2) is 0 Å². The summed E-state index contributed by atoms with van der Waals surface area (Å²) in [5.74, 6) is 1.93. The van der Waals surface area contributed by atoms with Gasteiger partial charge in [-0.3, -0.25) is 0 Å². The van der Waals surface area contributed by atoms with Gasteiger partial charge in [0, 0.05) is 0 Å². The van der Waals surface area contributed by atoms with Gasteiger partial charge in [-0.1, -0.05) is 12.8 Å². The Hall–Kier alpha value is -0.0400. The van der Waals surface area contributed by atoms with Crippen LogP contribution in [0, 0.1) is 18.8 Å². The highest BCUT2D eigenvalue weighted by Crippen LogP contribution is 2.40. The molecule has 0 amide bonds. The molecule has 1 saturated carbocycles. The molecule has 0 aromatic heterocycles. The summed E-state index contributed by atoms with van der Waals surface area (Å²) < 4.78 is 0. The molecule has 1 nitrogen and oxygen atoms in total. The van der Waals surface area contributed by atoms with Crippen LogP contribution in [-0.2, 0) is 0 Å². The zero-order chi connectivity index (χ0) is 7.14. The first-order chi connectivity index (χ1) is 4.79. The summed E-state index contributed by atoms with van der Waals surface area (Å²) in [5, 5.41) is 0. The highest BCUT2D eigenvalue weighted by molar-refractivity contribution is 4.95. The van der Waals surface area contributed by atoms with Crippen molar-refractivity contribution in [3.05, 3.63) is 6.92 Å². The van der Waals surface area contributed by atoms with E-state index in [1.165, 1.54) is 25.8 Å².